The van der Waals surface area contributed by atoms with Crippen molar-refractivity contribution in [1.29, 1.82) is 5.41 Å². The van der Waals surface area contributed by atoms with Crippen molar-refractivity contribution in [2.45, 2.75) is 11.3 Å². The maximum Gasteiger partial charge on any atom is 0.161 e. The molecule has 72 valence electrons. The lowest BCUT2D eigenvalue weighted by Gasteiger charge is -2.17. The van der Waals surface area contributed by atoms with Crippen LogP contribution in [0, 0.1) is 5.41 Å². The maximum atomic E-state index is 11.3. The molecule has 6 heteroatoms. The summed E-state index contributed by atoms with van der Waals surface area (Å²) in [6.45, 7) is 3.58. The van der Waals surface area contributed by atoms with E-state index in [2.05, 4.69) is 6.58 Å². The lowest BCUT2D eigenvalue weighted by molar-refractivity contribution is 0.463. The standard InChI is InChI=1S/C7H10N2O2S2/c1-2-9-5-3-13(10,11)4-6(5)12-7(9)8/h2,5-6,8H,1,3-4H2/t5-,6+/m1/s1. The van der Waals surface area contributed by atoms with E-state index in [0.29, 0.717) is 5.17 Å². The van der Waals surface area contributed by atoms with Gasteiger partial charge in [0, 0.05) is 5.25 Å². The summed E-state index contributed by atoms with van der Waals surface area (Å²) in [5.41, 5.74) is 0. The lowest BCUT2D eigenvalue weighted by atomic mass is 10.2. The summed E-state index contributed by atoms with van der Waals surface area (Å²) in [5.74, 6) is 0.369. The number of nitrogens with one attached hydrogen (secondary N) is 1. The molecule has 2 heterocycles. The summed E-state index contributed by atoms with van der Waals surface area (Å²) >= 11 is 1.33. The van der Waals surface area contributed by atoms with Crippen molar-refractivity contribution in [2.75, 3.05) is 11.5 Å². The third-order valence-electron chi connectivity index (χ3n) is 2.32. The zero-order valence-corrected chi connectivity index (χ0v) is 8.57. The zero-order valence-electron chi connectivity index (χ0n) is 6.93. The molecule has 1 N–H and O–H groups in total. The van der Waals surface area contributed by atoms with Crippen LogP contribution in [0.25, 0.3) is 0 Å². The summed E-state index contributed by atoms with van der Waals surface area (Å²) in [6, 6.07) is -0.0556. The topological polar surface area (TPSA) is 61.2 Å². The number of nitrogens with zero attached hydrogens (tertiary/aromatic N) is 1. The van der Waals surface area contributed by atoms with Crippen molar-refractivity contribution in [3.8, 4) is 0 Å². The minimum atomic E-state index is -2.88. The first-order valence-electron chi connectivity index (χ1n) is 3.90. The van der Waals surface area contributed by atoms with Gasteiger partial charge in [0.2, 0.25) is 0 Å². The zero-order chi connectivity index (χ0) is 9.64. The van der Waals surface area contributed by atoms with Crippen LogP contribution in [0.15, 0.2) is 12.8 Å². The molecule has 0 amide bonds. The maximum absolute atomic E-state index is 11.3. The fraction of sp³-hybridized carbons (Fsp3) is 0.571. The molecule has 2 aliphatic rings. The molecule has 0 aromatic heterocycles. The fourth-order valence-corrected chi connectivity index (χ4v) is 5.53. The summed E-state index contributed by atoms with van der Waals surface area (Å²) < 4.78 is 22.5. The van der Waals surface area contributed by atoms with Crippen LogP contribution < -0.4 is 0 Å². The molecular weight excluding hydrogens is 208 g/mol. The Balaban J connectivity index is 2.29. The second kappa shape index (κ2) is 2.75. The van der Waals surface area contributed by atoms with Gasteiger partial charge in [0.1, 0.15) is 0 Å². The van der Waals surface area contributed by atoms with E-state index in [9.17, 15) is 8.42 Å². The number of hydrogen-bond donors (Lipinski definition) is 1. The lowest BCUT2D eigenvalue weighted by Crippen LogP contribution is -2.32. The van der Waals surface area contributed by atoms with E-state index >= 15 is 0 Å². The van der Waals surface area contributed by atoms with Gasteiger partial charge >= 0.3 is 0 Å². The Labute approximate surface area is 81.4 Å². The number of hydrogen-bond acceptors (Lipinski definition) is 4. The Morgan fingerprint density at radius 1 is 1.62 bits per heavy atom. The normalized spacial score (nSPS) is 36.3. The van der Waals surface area contributed by atoms with E-state index < -0.39 is 9.84 Å². The molecule has 0 unspecified atom stereocenters. The molecule has 2 fully saturated rings. The van der Waals surface area contributed by atoms with Crippen LogP contribution in [-0.4, -0.2) is 41.3 Å². The first kappa shape index (κ1) is 9.08. The molecule has 0 aromatic carbocycles. The van der Waals surface area contributed by atoms with Gasteiger partial charge in [-0.2, -0.15) is 0 Å². The van der Waals surface area contributed by atoms with Crippen LogP contribution in [0.4, 0.5) is 0 Å². The molecule has 0 saturated carbocycles. The van der Waals surface area contributed by atoms with Crippen LogP contribution >= 0.6 is 11.8 Å². The summed E-state index contributed by atoms with van der Waals surface area (Å²) in [5, 5.41) is 8.01. The number of fused-ring (bicyclic) bond motifs is 1. The van der Waals surface area contributed by atoms with Crippen molar-refractivity contribution in [3.63, 3.8) is 0 Å². The minimum absolute atomic E-state index is 0.0375. The van der Waals surface area contributed by atoms with Crippen molar-refractivity contribution in [3.05, 3.63) is 12.8 Å². The highest BCUT2D eigenvalue weighted by atomic mass is 32.2. The average molecular weight is 218 g/mol. The smallest absolute Gasteiger partial charge is 0.161 e. The summed E-state index contributed by atoms with van der Waals surface area (Å²) in [4.78, 5) is 1.65. The van der Waals surface area contributed by atoms with Crippen molar-refractivity contribution in [2.24, 2.45) is 0 Å². The van der Waals surface area contributed by atoms with E-state index in [1.807, 2.05) is 0 Å². The second-order valence-electron chi connectivity index (χ2n) is 3.20. The third-order valence-corrected chi connectivity index (χ3v) is 5.47. The molecule has 4 nitrogen and oxygen atoms in total. The van der Waals surface area contributed by atoms with Gasteiger partial charge in [0.05, 0.1) is 17.5 Å². The van der Waals surface area contributed by atoms with Gasteiger partial charge in [-0.05, 0) is 6.20 Å². The van der Waals surface area contributed by atoms with Gasteiger partial charge in [0.25, 0.3) is 0 Å². The van der Waals surface area contributed by atoms with Gasteiger partial charge < -0.3 is 4.90 Å². The molecule has 2 atom stereocenters. The molecular formula is C7H10N2O2S2. The van der Waals surface area contributed by atoms with E-state index in [4.69, 9.17) is 5.41 Å². The highest BCUT2D eigenvalue weighted by Crippen LogP contribution is 2.37. The highest BCUT2D eigenvalue weighted by Gasteiger charge is 2.47. The Morgan fingerprint density at radius 3 is 2.92 bits per heavy atom. The monoisotopic (exact) mass is 218 g/mol. The Kier molecular flexibility index (Phi) is 1.92. The minimum Gasteiger partial charge on any atom is -0.323 e. The van der Waals surface area contributed by atoms with Gasteiger partial charge in [-0.15, -0.1) is 0 Å². The summed E-state index contributed by atoms with van der Waals surface area (Å²) in [7, 11) is -2.88. The van der Waals surface area contributed by atoms with Gasteiger partial charge in [-0.25, -0.2) is 8.42 Å². The number of sulfone groups is 1. The Morgan fingerprint density at radius 2 is 2.31 bits per heavy atom. The van der Waals surface area contributed by atoms with E-state index in [0.717, 1.165) is 0 Å². The number of rotatable bonds is 1. The molecule has 2 rings (SSSR count). The predicted molar refractivity (Wildman–Crippen MR) is 53.6 cm³/mol. The SMILES string of the molecule is C=CN1C(=N)S[C@H]2CS(=O)(=O)C[C@H]21. The van der Waals surface area contributed by atoms with E-state index in [1.165, 1.54) is 11.8 Å². The molecule has 0 radical (unpaired) electrons. The van der Waals surface area contributed by atoms with Crippen LogP contribution in [0.2, 0.25) is 0 Å². The largest absolute Gasteiger partial charge is 0.323 e. The van der Waals surface area contributed by atoms with E-state index in [1.54, 1.807) is 11.1 Å². The number of amidine groups is 1. The molecule has 13 heavy (non-hydrogen) atoms. The number of thioether (sulfide) groups is 1. The van der Waals surface area contributed by atoms with Gasteiger partial charge in [0.15, 0.2) is 15.0 Å². The van der Waals surface area contributed by atoms with Crippen LogP contribution in [-0.2, 0) is 9.84 Å². The molecule has 0 bridgehead atoms. The van der Waals surface area contributed by atoms with Gasteiger partial charge in [-0.3, -0.25) is 5.41 Å². The van der Waals surface area contributed by atoms with Crippen LogP contribution in [0.5, 0.6) is 0 Å². The molecule has 0 aromatic rings. The Bertz CT molecular complexity index is 363. The quantitative estimate of drug-likeness (QED) is 0.686. The molecule has 2 saturated heterocycles. The van der Waals surface area contributed by atoms with Crippen LogP contribution in [0.1, 0.15) is 0 Å². The first-order valence-corrected chi connectivity index (χ1v) is 6.60. The summed E-state index contributed by atoms with van der Waals surface area (Å²) in [6.07, 6.45) is 1.54. The van der Waals surface area contributed by atoms with Gasteiger partial charge in [-0.1, -0.05) is 18.3 Å². The predicted octanol–water partition coefficient (Wildman–Crippen LogP) is 0.279. The average Bonchev–Trinajstić information content (AvgIpc) is 2.39. The first-order chi connectivity index (χ1) is 6.03. The fourth-order valence-electron chi connectivity index (χ4n) is 1.74. The highest BCUT2D eigenvalue weighted by molar-refractivity contribution is 8.15. The Hall–Kier alpha value is -0.490. The molecule has 0 spiro atoms. The third kappa shape index (κ3) is 1.38. The van der Waals surface area contributed by atoms with Crippen LogP contribution in [0.3, 0.4) is 0 Å². The second-order valence-corrected chi connectivity index (χ2v) is 6.58. The van der Waals surface area contributed by atoms with Crippen molar-refractivity contribution in [1.82, 2.24) is 4.90 Å². The van der Waals surface area contributed by atoms with Crippen molar-refractivity contribution >= 4 is 26.8 Å². The molecule has 2 aliphatic heterocycles. The molecule has 0 aliphatic carbocycles. The van der Waals surface area contributed by atoms with E-state index in [-0.39, 0.29) is 22.8 Å². The van der Waals surface area contributed by atoms with Crippen molar-refractivity contribution < 1.29 is 8.42 Å².